The molecule has 0 atom stereocenters. The predicted octanol–water partition coefficient (Wildman–Crippen LogP) is 5.17. The Kier molecular flexibility index (Phi) is 4.54. The molecule has 142 valence electrons. The summed E-state index contributed by atoms with van der Waals surface area (Å²) >= 11 is 3.02. The van der Waals surface area contributed by atoms with E-state index in [1.54, 1.807) is 6.20 Å². The van der Waals surface area contributed by atoms with Crippen LogP contribution in [0, 0.1) is 0 Å². The van der Waals surface area contributed by atoms with E-state index in [2.05, 4.69) is 16.5 Å². The van der Waals surface area contributed by atoms with Crippen molar-refractivity contribution in [1.82, 2.24) is 18.9 Å². The highest BCUT2D eigenvalue weighted by molar-refractivity contribution is 7.98. The first-order valence-electron chi connectivity index (χ1n) is 9.02. The average molecular weight is 417 g/mol. The fraction of sp³-hybridized carbons (Fsp3) is 0.0455. The summed E-state index contributed by atoms with van der Waals surface area (Å²) in [7, 11) is 0. The van der Waals surface area contributed by atoms with Crippen molar-refractivity contribution in [3.63, 3.8) is 0 Å². The third-order valence-electron chi connectivity index (χ3n) is 4.64. The fourth-order valence-electron chi connectivity index (χ4n) is 3.30. The van der Waals surface area contributed by atoms with Crippen LogP contribution in [0.15, 0.2) is 82.8 Å². The second kappa shape index (κ2) is 7.35. The summed E-state index contributed by atoms with van der Waals surface area (Å²) < 4.78 is 3.88. The van der Waals surface area contributed by atoms with Crippen LogP contribution in [0.1, 0.15) is 5.69 Å². The monoisotopic (exact) mass is 416 g/mol. The Morgan fingerprint density at radius 1 is 1.10 bits per heavy atom. The van der Waals surface area contributed by atoms with Gasteiger partial charge in [0.15, 0.2) is 5.16 Å². The first-order valence-corrected chi connectivity index (χ1v) is 10.9. The van der Waals surface area contributed by atoms with Gasteiger partial charge >= 0.3 is 0 Å². The van der Waals surface area contributed by atoms with Gasteiger partial charge in [0.2, 0.25) is 0 Å². The van der Waals surface area contributed by atoms with E-state index in [-0.39, 0.29) is 5.56 Å². The fourth-order valence-corrected chi connectivity index (χ4v) is 5.30. The van der Waals surface area contributed by atoms with E-state index >= 15 is 0 Å². The van der Waals surface area contributed by atoms with Crippen LogP contribution in [-0.2, 0) is 5.75 Å². The maximum Gasteiger partial charge on any atom is 0.283 e. The molecule has 5 nitrogen and oxygen atoms in total. The standard InChI is InChI=1S/C22H16N4OS2/c1-2-26-21-19(17(14-28-21)15-8-4-3-5-9-15)20(27)24-22(26)29-13-16-12-25-11-7-6-10-18(25)23-16/h2-12,14H,1,13H2. The lowest BCUT2D eigenvalue weighted by atomic mass is 10.1. The number of nitrogens with zero attached hydrogens (tertiary/aromatic N) is 4. The lowest BCUT2D eigenvalue weighted by molar-refractivity contribution is 0.893. The van der Waals surface area contributed by atoms with Crippen LogP contribution in [0.2, 0.25) is 0 Å². The Labute approximate surface area is 175 Å². The highest BCUT2D eigenvalue weighted by Crippen LogP contribution is 2.34. The lowest BCUT2D eigenvalue weighted by Gasteiger charge is -2.08. The summed E-state index contributed by atoms with van der Waals surface area (Å²) in [4.78, 5) is 22.7. The molecule has 4 aromatic heterocycles. The predicted molar refractivity (Wildman–Crippen MR) is 120 cm³/mol. The molecule has 0 spiro atoms. The molecule has 5 aromatic rings. The molecule has 7 heteroatoms. The minimum Gasteiger partial charge on any atom is -0.307 e. The molecule has 0 fully saturated rings. The van der Waals surface area contributed by atoms with Crippen LogP contribution in [0.25, 0.3) is 33.2 Å². The molecule has 29 heavy (non-hydrogen) atoms. The second-order valence-electron chi connectivity index (χ2n) is 6.43. The zero-order chi connectivity index (χ0) is 19.8. The van der Waals surface area contributed by atoms with Crippen molar-refractivity contribution in [2.75, 3.05) is 0 Å². The minimum atomic E-state index is -0.212. The van der Waals surface area contributed by atoms with E-state index < -0.39 is 0 Å². The van der Waals surface area contributed by atoms with E-state index in [4.69, 9.17) is 0 Å². The molecule has 0 aliphatic heterocycles. The lowest BCUT2D eigenvalue weighted by Crippen LogP contribution is -2.12. The van der Waals surface area contributed by atoms with Crippen LogP contribution >= 0.6 is 23.1 Å². The van der Waals surface area contributed by atoms with Crippen molar-refractivity contribution in [3.05, 3.63) is 88.9 Å². The topological polar surface area (TPSA) is 52.2 Å². The Morgan fingerprint density at radius 3 is 2.72 bits per heavy atom. The maximum absolute atomic E-state index is 12.9. The van der Waals surface area contributed by atoms with Gasteiger partial charge in [-0.3, -0.25) is 9.36 Å². The van der Waals surface area contributed by atoms with E-state index in [1.165, 1.54) is 23.1 Å². The number of hydrogen-bond acceptors (Lipinski definition) is 5. The molecule has 0 saturated heterocycles. The summed E-state index contributed by atoms with van der Waals surface area (Å²) in [6, 6.07) is 15.8. The molecule has 0 saturated carbocycles. The smallest absolute Gasteiger partial charge is 0.283 e. The summed E-state index contributed by atoms with van der Waals surface area (Å²) in [6.45, 7) is 3.94. The molecule has 0 radical (unpaired) electrons. The van der Waals surface area contributed by atoms with Crippen molar-refractivity contribution in [1.29, 1.82) is 0 Å². The molecule has 4 heterocycles. The number of rotatable bonds is 5. The molecule has 0 aliphatic rings. The Morgan fingerprint density at radius 2 is 1.93 bits per heavy atom. The number of aromatic nitrogens is 4. The summed E-state index contributed by atoms with van der Waals surface area (Å²) in [6.07, 6.45) is 5.68. The van der Waals surface area contributed by atoms with Crippen LogP contribution in [0.3, 0.4) is 0 Å². The van der Waals surface area contributed by atoms with Gasteiger partial charge in [0.25, 0.3) is 5.56 Å². The van der Waals surface area contributed by atoms with Gasteiger partial charge < -0.3 is 4.40 Å². The van der Waals surface area contributed by atoms with Gasteiger partial charge in [-0.2, -0.15) is 4.98 Å². The highest BCUT2D eigenvalue weighted by atomic mass is 32.2. The van der Waals surface area contributed by atoms with Crippen LogP contribution in [0.4, 0.5) is 0 Å². The summed E-state index contributed by atoms with van der Waals surface area (Å²) in [5.41, 5.74) is 3.55. The normalized spacial score (nSPS) is 11.3. The Balaban J connectivity index is 1.54. The van der Waals surface area contributed by atoms with Crippen molar-refractivity contribution >= 4 is 45.2 Å². The zero-order valence-corrected chi connectivity index (χ0v) is 17.0. The number of benzene rings is 1. The number of pyridine rings is 1. The number of fused-ring (bicyclic) bond motifs is 2. The molecule has 0 amide bonds. The quantitative estimate of drug-likeness (QED) is 0.293. The van der Waals surface area contributed by atoms with Crippen molar-refractivity contribution in [3.8, 4) is 11.1 Å². The maximum atomic E-state index is 12.9. The minimum absolute atomic E-state index is 0.212. The van der Waals surface area contributed by atoms with E-state index in [0.717, 1.165) is 27.3 Å². The molecular formula is C22H16N4OS2. The van der Waals surface area contributed by atoms with Gasteiger partial charge in [0.1, 0.15) is 10.5 Å². The summed E-state index contributed by atoms with van der Waals surface area (Å²) in [5.74, 6) is 0.615. The number of thioether (sulfide) groups is 1. The second-order valence-corrected chi connectivity index (χ2v) is 8.24. The average Bonchev–Trinajstić information content (AvgIpc) is 3.37. The van der Waals surface area contributed by atoms with Gasteiger partial charge in [-0.25, -0.2) is 4.98 Å². The van der Waals surface area contributed by atoms with Crippen molar-refractivity contribution in [2.24, 2.45) is 0 Å². The van der Waals surface area contributed by atoms with Crippen LogP contribution in [-0.4, -0.2) is 18.9 Å². The van der Waals surface area contributed by atoms with Crippen molar-refractivity contribution < 1.29 is 0 Å². The van der Waals surface area contributed by atoms with Crippen molar-refractivity contribution in [2.45, 2.75) is 10.9 Å². The van der Waals surface area contributed by atoms with Gasteiger partial charge in [0.05, 0.1) is 11.1 Å². The molecule has 0 N–H and O–H groups in total. The largest absolute Gasteiger partial charge is 0.307 e. The van der Waals surface area contributed by atoms with E-state index in [1.807, 2.05) is 75.3 Å². The number of hydrogen-bond donors (Lipinski definition) is 0. The van der Waals surface area contributed by atoms with Crippen LogP contribution < -0.4 is 5.56 Å². The number of imidazole rings is 1. The van der Waals surface area contributed by atoms with E-state index in [0.29, 0.717) is 16.3 Å². The molecule has 0 unspecified atom stereocenters. The first-order chi connectivity index (χ1) is 14.2. The molecule has 1 aromatic carbocycles. The van der Waals surface area contributed by atoms with Gasteiger partial charge in [-0.1, -0.05) is 54.7 Å². The Hall–Kier alpha value is -3.16. The molecular weight excluding hydrogens is 400 g/mol. The van der Waals surface area contributed by atoms with Gasteiger partial charge in [-0.15, -0.1) is 11.3 Å². The van der Waals surface area contributed by atoms with E-state index in [9.17, 15) is 4.79 Å². The Bertz CT molecular complexity index is 1370. The third-order valence-corrected chi connectivity index (χ3v) is 6.60. The molecule has 0 bridgehead atoms. The first kappa shape index (κ1) is 17.9. The molecule has 5 rings (SSSR count). The van der Waals surface area contributed by atoms with Gasteiger partial charge in [0, 0.05) is 35.3 Å². The zero-order valence-electron chi connectivity index (χ0n) is 15.4. The molecule has 0 aliphatic carbocycles. The number of thiophene rings is 1. The third kappa shape index (κ3) is 3.18. The van der Waals surface area contributed by atoms with Gasteiger partial charge in [-0.05, 0) is 17.7 Å². The SMILES string of the molecule is C=Cn1c(SCc2cn3ccccc3n2)nc(=O)c2c(-c3ccccc3)csc21. The summed E-state index contributed by atoms with van der Waals surface area (Å²) in [5, 5.41) is 3.27. The van der Waals surface area contributed by atoms with Crippen LogP contribution in [0.5, 0.6) is 0 Å². The highest BCUT2D eigenvalue weighted by Gasteiger charge is 2.16.